The highest BCUT2D eigenvalue weighted by Gasteiger charge is 2.39. The van der Waals surface area contributed by atoms with Crippen molar-refractivity contribution < 1.29 is 14.7 Å². The number of fused-ring (bicyclic) bond motifs is 2. The molecule has 1 aromatic carbocycles. The van der Waals surface area contributed by atoms with Crippen LogP contribution in [0.2, 0.25) is 0 Å². The third kappa shape index (κ3) is 4.27. The van der Waals surface area contributed by atoms with Crippen LogP contribution in [0.1, 0.15) is 31.2 Å². The summed E-state index contributed by atoms with van der Waals surface area (Å²) in [6, 6.07) is 6.12. The number of amides is 1. The Labute approximate surface area is 146 Å². The highest BCUT2D eigenvalue weighted by Crippen LogP contribution is 2.34. The first kappa shape index (κ1) is 18.7. The Balaban J connectivity index is 0.000000701. The van der Waals surface area contributed by atoms with E-state index in [2.05, 4.69) is 17.3 Å². The second-order valence-electron chi connectivity index (χ2n) is 6.52. The number of carbonyl (C=O) groups is 2. The van der Waals surface area contributed by atoms with Crippen molar-refractivity contribution >= 4 is 29.5 Å². The molecule has 8 nitrogen and oxygen atoms in total. The third-order valence-corrected chi connectivity index (χ3v) is 5.01. The van der Waals surface area contributed by atoms with Crippen LogP contribution in [0.5, 0.6) is 0 Å². The number of hydrogen-bond donors (Lipinski definition) is 5. The Bertz CT molecular complexity index is 650. The zero-order chi connectivity index (χ0) is 18.6. The summed E-state index contributed by atoms with van der Waals surface area (Å²) >= 11 is 0. The molecule has 0 spiro atoms. The molecule has 2 aliphatic heterocycles. The molecule has 2 fully saturated rings. The van der Waals surface area contributed by atoms with E-state index in [4.69, 9.17) is 26.8 Å². The molecule has 2 aliphatic rings. The molecule has 1 amide bonds. The molecule has 2 saturated heterocycles. The molecular formula is C17H25N5O3. The Morgan fingerprint density at radius 1 is 1.32 bits per heavy atom. The summed E-state index contributed by atoms with van der Waals surface area (Å²) < 4.78 is 0. The van der Waals surface area contributed by atoms with Crippen LogP contribution in [0.15, 0.2) is 18.2 Å². The normalized spacial score (nSPS) is 24.8. The number of nitrogens with zero attached hydrogens (tertiary/aromatic N) is 1. The largest absolute Gasteiger partial charge is 0.483 e. The number of carbonyl (C=O) groups excluding carboxylic acids is 1. The number of anilines is 2. The van der Waals surface area contributed by atoms with Crippen LogP contribution in [0.25, 0.3) is 0 Å². The summed E-state index contributed by atoms with van der Waals surface area (Å²) in [5, 5.41) is 18.0. The van der Waals surface area contributed by atoms with Gasteiger partial charge in [0.05, 0.1) is 0 Å². The van der Waals surface area contributed by atoms with E-state index >= 15 is 0 Å². The zero-order valence-electron chi connectivity index (χ0n) is 14.2. The maximum atomic E-state index is 12.3. The van der Waals surface area contributed by atoms with Gasteiger partial charge in [-0.15, -0.1) is 0 Å². The maximum Gasteiger partial charge on any atom is 0.290 e. The van der Waals surface area contributed by atoms with Crippen LogP contribution >= 0.6 is 0 Å². The average molecular weight is 347 g/mol. The van der Waals surface area contributed by atoms with Gasteiger partial charge in [-0.05, 0) is 50.9 Å². The molecule has 3 rings (SSSR count). The van der Waals surface area contributed by atoms with Gasteiger partial charge >= 0.3 is 0 Å². The van der Waals surface area contributed by atoms with E-state index in [-0.39, 0.29) is 24.1 Å². The minimum atomic E-state index is -0.369. The van der Waals surface area contributed by atoms with Crippen LogP contribution in [-0.4, -0.2) is 53.3 Å². The van der Waals surface area contributed by atoms with Gasteiger partial charge in [0.2, 0.25) is 0 Å². The van der Waals surface area contributed by atoms with Crippen molar-refractivity contribution in [1.82, 2.24) is 10.2 Å². The smallest absolute Gasteiger partial charge is 0.290 e. The van der Waals surface area contributed by atoms with Crippen molar-refractivity contribution in [2.24, 2.45) is 0 Å². The zero-order valence-corrected chi connectivity index (χ0v) is 14.2. The minimum absolute atomic E-state index is 0.115. The summed E-state index contributed by atoms with van der Waals surface area (Å²) in [5.41, 5.74) is 12.8. The number of rotatable bonds is 3. The molecule has 1 aromatic rings. The lowest BCUT2D eigenvalue weighted by Crippen LogP contribution is -2.50. The highest BCUT2D eigenvalue weighted by molar-refractivity contribution is 6.45. The van der Waals surface area contributed by atoms with Crippen molar-refractivity contribution in [3.8, 4) is 0 Å². The number of nitrogen functional groups attached to an aromatic ring is 2. The molecule has 25 heavy (non-hydrogen) atoms. The van der Waals surface area contributed by atoms with Crippen molar-refractivity contribution in [2.45, 2.75) is 43.8 Å². The van der Waals surface area contributed by atoms with Gasteiger partial charge in [0.25, 0.3) is 12.4 Å². The third-order valence-electron chi connectivity index (χ3n) is 5.01. The van der Waals surface area contributed by atoms with Crippen molar-refractivity contribution in [2.75, 3.05) is 18.5 Å². The Kier molecular flexibility index (Phi) is 5.97. The molecule has 2 bridgehead atoms. The van der Waals surface area contributed by atoms with Crippen molar-refractivity contribution in [3.05, 3.63) is 23.8 Å². The first-order valence-electron chi connectivity index (χ1n) is 8.22. The molecule has 0 aliphatic carbocycles. The van der Waals surface area contributed by atoms with Crippen LogP contribution < -0.4 is 16.8 Å². The fourth-order valence-electron chi connectivity index (χ4n) is 3.70. The minimum Gasteiger partial charge on any atom is -0.483 e. The van der Waals surface area contributed by atoms with Gasteiger partial charge in [-0.25, -0.2) is 0 Å². The molecule has 2 unspecified atom stereocenters. The number of piperidine rings is 1. The number of nitrogens with two attached hydrogens (primary N) is 2. The van der Waals surface area contributed by atoms with Gasteiger partial charge in [0, 0.05) is 35.1 Å². The predicted octanol–water partition coefficient (Wildman–Crippen LogP) is 0.661. The summed E-state index contributed by atoms with van der Waals surface area (Å²) in [4.78, 5) is 23.1. The van der Waals surface area contributed by atoms with Gasteiger partial charge in [-0.3, -0.25) is 15.0 Å². The van der Waals surface area contributed by atoms with E-state index in [1.807, 2.05) is 0 Å². The van der Waals surface area contributed by atoms with Gasteiger partial charge in [-0.1, -0.05) is 0 Å². The monoisotopic (exact) mass is 347 g/mol. The summed E-state index contributed by atoms with van der Waals surface area (Å²) in [7, 11) is 2.16. The van der Waals surface area contributed by atoms with Crippen LogP contribution in [0.4, 0.5) is 11.4 Å². The van der Waals surface area contributed by atoms with Gasteiger partial charge < -0.3 is 26.8 Å². The summed E-state index contributed by atoms with van der Waals surface area (Å²) in [6.45, 7) is -0.250. The molecule has 0 radical (unpaired) electrons. The lowest BCUT2D eigenvalue weighted by molar-refractivity contribution is -0.123. The average Bonchev–Trinajstić information content (AvgIpc) is 2.79. The molecule has 2 atom stereocenters. The summed E-state index contributed by atoms with van der Waals surface area (Å²) in [6.07, 6.45) is 4.32. The predicted molar refractivity (Wildman–Crippen MR) is 96.5 cm³/mol. The second kappa shape index (κ2) is 7.98. The molecule has 136 valence electrons. The molecule has 2 heterocycles. The van der Waals surface area contributed by atoms with Crippen molar-refractivity contribution in [1.29, 1.82) is 5.41 Å². The number of carboxylic acid groups (broad SMARTS) is 1. The molecule has 7 N–H and O–H groups in total. The molecule has 0 aromatic heterocycles. The van der Waals surface area contributed by atoms with E-state index in [1.165, 1.54) is 12.8 Å². The van der Waals surface area contributed by atoms with Crippen LogP contribution in [0, 0.1) is 5.41 Å². The first-order chi connectivity index (χ1) is 11.9. The topological polar surface area (TPSA) is 146 Å². The van der Waals surface area contributed by atoms with E-state index in [1.54, 1.807) is 18.2 Å². The second-order valence-corrected chi connectivity index (χ2v) is 6.52. The van der Waals surface area contributed by atoms with Gasteiger partial charge in [-0.2, -0.15) is 0 Å². The highest BCUT2D eigenvalue weighted by atomic mass is 16.3. The fraction of sp³-hybridized carbons (Fsp3) is 0.471. The van der Waals surface area contributed by atoms with E-state index in [0.717, 1.165) is 12.8 Å². The van der Waals surface area contributed by atoms with E-state index in [0.29, 0.717) is 29.0 Å². The lowest BCUT2D eigenvalue weighted by atomic mass is 9.97. The van der Waals surface area contributed by atoms with Crippen LogP contribution in [-0.2, 0) is 9.59 Å². The Morgan fingerprint density at radius 2 is 1.88 bits per heavy atom. The fourth-order valence-corrected chi connectivity index (χ4v) is 3.70. The number of nitrogens with one attached hydrogen (secondary N) is 2. The maximum absolute atomic E-state index is 12.3. The number of benzene rings is 1. The summed E-state index contributed by atoms with van der Waals surface area (Å²) in [5.74, 6) is -0.369. The Morgan fingerprint density at radius 3 is 2.44 bits per heavy atom. The number of hydrogen-bond acceptors (Lipinski definition) is 6. The standard InChI is InChI=1S/C16H23N5O.CH2O2/c1-21-11-3-4-12(21)8-10(7-11)20-16(22)15(19)13-6-9(17)2-5-14(13)18;2-1-3/h2,5-6,10-12,19H,3-4,7-8,17-18H2,1H3,(H,20,22);1H,(H,2,3). The quantitative estimate of drug-likeness (QED) is 0.308. The van der Waals surface area contributed by atoms with E-state index in [9.17, 15) is 4.79 Å². The van der Waals surface area contributed by atoms with E-state index < -0.39 is 0 Å². The lowest BCUT2D eigenvalue weighted by Gasteiger charge is -2.36. The SMILES string of the molecule is CN1C2CCC1CC(NC(=O)C(=N)c1cc(N)ccc1N)C2.O=CO. The van der Waals surface area contributed by atoms with Gasteiger partial charge in [0.15, 0.2) is 0 Å². The first-order valence-corrected chi connectivity index (χ1v) is 8.22. The molecular weight excluding hydrogens is 322 g/mol. The van der Waals surface area contributed by atoms with Crippen molar-refractivity contribution in [3.63, 3.8) is 0 Å². The van der Waals surface area contributed by atoms with Gasteiger partial charge in [0.1, 0.15) is 5.71 Å². The van der Waals surface area contributed by atoms with Crippen LogP contribution in [0.3, 0.4) is 0 Å². The molecule has 8 heteroatoms. The Hall–Kier alpha value is -2.61. The molecule has 0 saturated carbocycles.